The lowest BCUT2D eigenvalue weighted by Crippen LogP contribution is -1.75. The third-order valence-electron chi connectivity index (χ3n) is 2.84. The van der Waals surface area contributed by atoms with Gasteiger partial charge in [0.2, 0.25) is 0 Å². The van der Waals surface area contributed by atoms with Gasteiger partial charge in [0, 0.05) is 15.6 Å². The van der Waals surface area contributed by atoms with Crippen LogP contribution in [0, 0.1) is 0 Å². The average Bonchev–Trinajstić information content (AvgIpc) is 2.90. The third-order valence-corrected chi connectivity index (χ3v) is 3.53. The van der Waals surface area contributed by atoms with Crippen molar-refractivity contribution in [1.29, 1.82) is 0 Å². The summed E-state index contributed by atoms with van der Waals surface area (Å²) in [4.78, 5) is 0. The van der Waals surface area contributed by atoms with Crippen molar-refractivity contribution >= 4 is 15.9 Å². The molecule has 0 aliphatic rings. The molecule has 0 spiro atoms. The van der Waals surface area contributed by atoms with Crippen molar-refractivity contribution in [3.8, 4) is 22.5 Å². The van der Waals surface area contributed by atoms with Crippen LogP contribution in [0.1, 0.15) is 0 Å². The van der Waals surface area contributed by atoms with Gasteiger partial charge < -0.3 is 4.42 Å². The van der Waals surface area contributed by atoms with Crippen LogP contribution >= 0.6 is 15.9 Å². The van der Waals surface area contributed by atoms with E-state index in [2.05, 4.69) is 28.1 Å². The Morgan fingerprint density at radius 2 is 1.50 bits per heavy atom. The van der Waals surface area contributed by atoms with E-state index in [1.165, 1.54) is 0 Å². The van der Waals surface area contributed by atoms with Crippen LogP contribution < -0.4 is 0 Å². The van der Waals surface area contributed by atoms with E-state index in [0.717, 1.165) is 26.9 Å². The van der Waals surface area contributed by atoms with E-state index < -0.39 is 0 Å². The molecule has 0 unspecified atom stereocenters. The quantitative estimate of drug-likeness (QED) is 0.619. The minimum Gasteiger partial charge on any atom is -0.464 e. The molecule has 1 aromatic heterocycles. The van der Waals surface area contributed by atoms with Gasteiger partial charge in [0.05, 0.1) is 6.26 Å². The lowest BCUT2D eigenvalue weighted by atomic mass is 10.1. The summed E-state index contributed by atoms with van der Waals surface area (Å²) in [6.45, 7) is 0. The molecule has 0 bridgehead atoms. The fourth-order valence-electron chi connectivity index (χ4n) is 1.93. The normalized spacial score (nSPS) is 10.5. The number of rotatable bonds is 2. The molecular formula is C16H11BrO. The summed E-state index contributed by atoms with van der Waals surface area (Å²) in [7, 11) is 0. The zero-order chi connectivity index (χ0) is 12.4. The second-order valence-electron chi connectivity index (χ2n) is 4.05. The topological polar surface area (TPSA) is 13.1 Å². The van der Waals surface area contributed by atoms with Crippen LogP contribution in [-0.4, -0.2) is 0 Å². The van der Waals surface area contributed by atoms with Crippen molar-refractivity contribution in [3.05, 3.63) is 71.4 Å². The molecule has 0 radical (unpaired) electrons. The van der Waals surface area contributed by atoms with Gasteiger partial charge in [-0.2, -0.15) is 0 Å². The van der Waals surface area contributed by atoms with Crippen LogP contribution in [0.3, 0.4) is 0 Å². The predicted molar refractivity (Wildman–Crippen MR) is 77.3 cm³/mol. The first-order valence-corrected chi connectivity index (χ1v) is 6.53. The van der Waals surface area contributed by atoms with Crippen molar-refractivity contribution in [1.82, 2.24) is 0 Å². The van der Waals surface area contributed by atoms with E-state index in [1.807, 2.05) is 48.5 Å². The van der Waals surface area contributed by atoms with Gasteiger partial charge in [0.15, 0.2) is 0 Å². The van der Waals surface area contributed by atoms with Crippen molar-refractivity contribution in [2.45, 2.75) is 0 Å². The fraction of sp³-hybridized carbons (Fsp3) is 0. The molecule has 0 saturated carbocycles. The Bertz CT molecular complexity index is 656. The van der Waals surface area contributed by atoms with Gasteiger partial charge in [-0.15, -0.1) is 0 Å². The number of furan rings is 1. The monoisotopic (exact) mass is 298 g/mol. The first-order valence-electron chi connectivity index (χ1n) is 5.73. The summed E-state index contributed by atoms with van der Waals surface area (Å²) < 4.78 is 6.71. The van der Waals surface area contributed by atoms with Crippen LogP contribution in [0.4, 0.5) is 0 Å². The Morgan fingerprint density at radius 1 is 0.778 bits per heavy atom. The highest BCUT2D eigenvalue weighted by Gasteiger charge is 2.08. The molecule has 0 saturated heterocycles. The molecule has 2 aromatic carbocycles. The average molecular weight is 299 g/mol. The Kier molecular flexibility index (Phi) is 3.03. The Morgan fingerprint density at radius 3 is 2.28 bits per heavy atom. The number of hydrogen-bond donors (Lipinski definition) is 0. The summed E-state index contributed by atoms with van der Waals surface area (Å²) in [5, 5.41) is 0. The molecule has 3 aromatic rings. The summed E-state index contributed by atoms with van der Waals surface area (Å²) in [6, 6.07) is 20.3. The molecule has 0 aliphatic carbocycles. The first-order chi connectivity index (χ1) is 8.84. The number of benzene rings is 2. The highest BCUT2D eigenvalue weighted by atomic mass is 79.9. The Balaban J connectivity index is 2.03. The fourth-order valence-corrected chi connectivity index (χ4v) is 2.44. The van der Waals surface area contributed by atoms with Crippen molar-refractivity contribution in [2.24, 2.45) is 0 Å². The molecule has 1 heterocycles. The standard InChI is InChI=1S/C16H11BrO/c17-15-9-5-4-8-14(15)13-10-16(18-11-13)12-6-2-1-3-7-12/h1-11H. The van der Waals surface area contributed by atoms with E-state index in [4.69, 9.17) is 4.42 Å². The minimum absolute atomic E-state index is 0.890. The van der Waals surface area contributed by atoms with Gasteiger partial charge in [0.25, 0.3) is 0 Å². The van der Waals surface area contributed by atoms with Crippen LogP contribution in [0.5, 0.6) is 0 Å². The lowest BCUT2D eigenvalue weighted by molar-refractivity contribution is 0.583. The summed E-state index contributed by atoms with van der Waals surface area (Å²) in [5.74, 6) is 0.890. The lowest BCUT2D eigenvalue weighted by Gasteiger charge is -1.99. The van der Waals surface area contributed by atoms with Gasteiger partial charge >= 0.3 is 0 Å². The zero-order valence-electron chi connectivity index (χ0n) is 9.64. The smallest absolute Gasteiger partial charge is 0.134 e. The summed E-state index contributed by atoms with van der Waals surface area (Å²) in [5.41, 5.74) is 3.32. The Labute approximate surface area is 114 Å². The van der Waals surface area contributed by atoms with Crippen molar-refractivity contribution < 1.29 is 4.42 Å². The molecule has 0 amide bonds. The minimum atomic E-state index is 0.890. The SMILES string of the molecule is Brc1ccccc1-c1coc(-c2ccccc2)c1. The molecule has 0 fully saturated rings. The summed E-state index contributed by atoms with van der Waals surface area (Å²) in [6.07, 6.45) is 1.79. The van der Waals surface area contributed by atoms with Gasteiger partial charge in [-0.05, 0) is 17.7 Å². The van der Waals surface area contributed by atoms with Crippen molar-refractivity contribution in [3.63, 3.8) is 0 Å². The second kappa shape index (κ2) is 4.83. The number of halogens is 1. The Hall–Kier alpha value is -1.80. The molecule has 3 rings (SSSR count). The summed E-state index contributed by atoms with van der Waals surface area (Å²) >= 11 is 3.56. The highest BCUT2D eigenvalue weighted by molar-refractivity contribution is 9.10. The maximum absolute atomic E-state index is 5.64. The van der Waals surface area contributed by atoms with Gasteiger partial charge in [0.1, 0.15) is 5.76 Å². The molecule has 0 atom stereocenters. The molecule has 88 valence electrons. The number of hydrogen-bond acceptors (Lipinski definition) is 1. The van der Waals surface area contributed by atoms with E-state index >= 15 is 0 Å². The highest BCUT2D eigenvalue weighted by Crippen LogP contribution is 2.32. The molecule has 0 N–H and O–H groups in total. The van der Waals surface area contributed by atoms with Crippen LogP contribution in [0.15, 0.2) is 75.8 Å². The van der Waals surface area contributed by atoms with Crippen LogP contribution in [-0.2, 0) is 0 Å². The van der Waals surface area contributed by atoms with Gasteiger partial charge in [-0.3, -0.25) is 0 Å². The molecule has 0 aliphatic heterocycles. The maximum Gasteiger partial charge on any atom is 0.134 e. The maximum atomic E-state index is 5.64. The van der Waals surface area contributed by atoms with Gasteiger partial charge in [-0.25, -0.2) is 0 Å². The third kappa shape index (κ3) is 2.12. The van der Waals surface area contributed by atoms with E-state index in [1.54, 1.807) is 6.26 Å². The zero-order valence-corrected chi connectivity index (χ0v) is 11.2. The first kappa shape index (κ1) is 11.3. The van der Waals surface area contributed by atoms with E-state index in [9.17, 15) is 0 Å². The molecular weight excluding hydrogens is 288 g/mol. The predicted octanol–water partition coefficient (Wildman–Crippen LogP) is 5.38. The second-order valence-corrected chi connectivity index (χ2v) is 4.90. The molecule has 1 nitrogen and oxygen atoms in total. The van der Waals surface area contributed by atoms with Gasteiger partial charge in [-0.1, -0.05) is 64.5 Å². The van der Waals surface area contributed by atoms with Crippen LogP contribution in [0.2, 0.25) is 0 Å². The van der Waals surface area contributed by atoms with Crippen LogP contribution in [0.25, 0.3) is 22.5 Å². The molecule has 18 heavy (non-hydrogen) atoms. The van der Waals surface area contributed by atoms with E-state index in [-0.39, 0.29) is 0 Å². The molecule has 2 heteroatoms. The van der Waals surface area contributed by atoms with E-state index in [0.29, 0.717) is 0 Å². The largest absolute Gasteiger partial charge is 0.464 e. The van der Waals surface area contributed by atoms with Crippen molar-refractivity contribution in [2.75, 3.05) is 0 Å².